The molecule has 1 saturated heterocycles. The number of nitriles is 1. The predicted molar refractivity (Wildman–Crippen MR) is 39.8 cm³/mol. The maximum atomic E-state index is 9.37. The molecule has 1 fully saturated rings. The molecule has 1 N–H and O–H groups in total. The molecule has 0 saturated carbocycles. The fraction of sp³-hybridized carbons (Fsp3) is 0.875. The second-order valence-electron chi connectivity index (χ2n) is 2.91. The van der Waals surface area contributed by atoms with Crippen LogP contribution in [0.15, 0.2) is 0 Å². The van der Waals surface area contributed by atoms with Crippen LogP contribution in [-0.2, 0) is 4.74 Å². The van der Waals surface area contributed by atoms with E-state index in [0.29, 0.717) is 6.61 Å². The summed E-state index contributed by atoms with van der Waals surface area (Å²) in [6.07, 6.45) is 1.74. The summed E-state index contributed by atoms with van der Waals surface area (Å²) in [7, 11) is 0. The maximum absolute atomic E-state index is 9.37. The Morgan fingerprint density at radius 3 is 3.09 bits per heavy atom. The predicted octanol–water partition coefficient (Wildman–Crippen LogP) is 0.688. The molecule has 0 aliphatic carbocycles. The standard InChI is InChI=1S/C8H13NO2/c9-4-3-8(10)7-2-1-5-11-6-7/h7-8,10H,1-3,5-6H2. The van der Waals surface area contributed by atoms with Gasteiger partial charge in [0.05, 0.1) is 25.2 Å². The molecular formula is C8H13NO2. The molecule has 0 spiro atoms. The van der Waals surface area contributed by atoms with E-state index >= 15 is 0 Å². The molecule has 1 heterocycles. The summed E-state index contributed by atoms with van der Waals surface area (Å²) < 4.78 is 5.18. The maximum Gasteiger partial charge on any atom is 0.0720 e. The topological polar surface area (TPSA) is 53.2 Å². The first kappa shape index (κ1) is 8.51. The third-order valence-electron chi connectivity index (χ3n) is 2.04. The number of ether oxygens (including phenoxy) is 1. The van der Waals surface area contributed by atoms with Gasteiger partial charge in [0.25, 0.3) is 0 Å². The van der Waals surface area contributed by atoms with Crippen molar-refractivity contribution in [1.29, 1.82) is 5.26 Å². The Labute approximate surface area is 66.6 Å². The van der Waals surface area contributed by atoms with Crippen molar-refractivity contribution in [3.8, 4) is 6.07 Å². The van der Waals surface area contributed by atoms with Crippen molar-refractivity contribution in [2.45, 2.75) is 25.4 Å². The Balaban J connectivity index is 2.27. The normalized spacial score (nSPS) is 27.5. The molecule has 0 aromatic rings. The lowest BCUT2D eigenvalue weighted by Gasteiger charge is -2.24. The fourth-order valence-electron chi connectivity index (χ4n) is 1.33. The van der Waals surface area contributed by atoms with Crippen molar-refractivity contribution in [3.05, 3.63) is 0 Å². The first-order valence-electron chi connectivity index (χ1n) is 3.97. The van der Waals surface area contributed by atoms with Crippen LogP contribution >= 0.6 is 0 Å². The summed E-state index contributed by atoms with van der Waals surface area (Å²) in [4.78, 5) is 0. The van der Waals surface area contributed by atoms with E-state index in [9.17, 15) is 5.11 Å². The number of hydrogen-bond donors (Lipinski definition) is 1. The highest BCUT2D eigenvalue weighted by Gasteiger charge is 2.21. The van der Waals surface area contributed by atoms with Crippen molar-refractivity contribution in [3.63, 3.8) is 0 Å². The molecule has 1 aliphatic rings. The van der Waals surface area contributed by atoms with Crippen molar-refractivity contribution in [1.82, 2.24) is 0 Å². The van der Waals surface area contributed by atoms with Crippen LogP contribution < -0.4 is 0 Å². The van der Waals surface area contributed by atoms with Gasteiger partial charge in [0, 0.05) is 12.5 Å². The van der Waals surface area contributed by atoms with E-state index < -0.39 is 6.10 Å². The number of aliphatic hydroxyl groups excluding tert-OH is 1. The molecule has 0 aromatic carbocycles. The molecule has 0 aromatic heterocycles. The summed E-state index contributed by atoms with van der Waals surface area (Å²) in [5.74, 6) is 0.184. The molecule has 2 unspecified atom stereocenters. The molecule has 62 valence electrons. The smallest absolute Gasteiger partial charge is 0.0720 e. The van der Waals surface area contributed by atoms with E-state index in [1.165, 1.54) is 0 Å². The highest BCUT2D eigenvalue weighted by Crippen LogP contribution is 2.18. The third-order valence-corrected chi connectivity index (χ3v) is 2.04. The molecule has 2 atom stereocenters. The van der Waals surface area contributed by atoms with Gasteiger partial charge < -0.3 is 9.84 Å². The molecule has 0 radical (unpaired) electrons. The molecule has 1 rings (SSSR count). The van der Waals surface area contributed by atoms with Gasteiger partial charge in [0.2, 0.25) is 0 Å². The fourth-order valence-corrected chi connectivity index (χ4v) is 1.33. The molecule has 11 heavy (non-hydrogen) atoms. The molecule has 1 aliphatic heterocycles. The number of hydrogen-bond acceptors (Lipinski definition) is 3. The minimum Gasteiger partial charge on any atom is -0.392 e. The lowest BCUT2D eigenvalue weighted by atomic mass is 9.94. The van der Waals surface area contributed by atoms with Crippen LogP contribution in [0.5, 0.6) is 0 Å². The largest absolute Gasteiger partial charge is 0.392 e. The van der Waals surface area contributed by atoms with Gasteiger partial charge in [-0.1, -0.05) is 0 Å². The first-order valence-corrected chi connectivity index (χ1v) is 3.97. The third kappa shape index (κ3) is 2.49. The highest BCUT2D eigenvalue weighted by atomic mass is 16.5. The van der Waals surface area contributed by atoms with Crippen LogP contribution in [0.3, 0.4) is 0 Å². The van der Waals surface area contributed by atoms with Gasteiger partial charge in [0.15, 0.2) is 0 Å². The van der Waals surface area contributed by atoms with Crippen molar-refractivity contribution in [2.24, 2.45) is 5.92 Å². The zero-order chi connectivity index (χ0) is 8.10. The van der Waals surface area contributed by atoms with Crippen LogP contribution in [0.4, 0.5) is 0 Å². The Bertz CT molecular complexity index is 147. The number of rotatable bonds is 2. The summed E-state index contributed by atoms with van der Waals surface area (Å²) >= 11 is 0. The van der Waals surface area contributed by atoms with Gasteiger partial charge in [-0.15, -0.1) is 0 Å². The SMILES string of the molecule is N#CCC(O)C1CCCOC1. The lowest BCUT2D eigenvalue weighted by molar-refractivity contribution is -0.00690. The van der Waals surface area contributed by atoms with Crippen LogP contribution in [-0.4, -0.2) is 24.4 Å². The first-order chi connectivity index (χ1) is 5.34. The van der Waals surface area contributed by atoms with E-state index in [4.69, 9.17) is 10.00 Å². The van der Waals surface area contributed by atoms with Gasteiger partial charge in [-0.2, -0.15) is 5.26 Å². The molecular weight excluding hydrogens is 142 g/mol. The average molecular weight is 155 g/mol. The summed E-state index contributed by atoms with van der Waals surface area (Å²) in [6.45, 7) is 1.42. The average Bonchev–Trinajstić information content (AvgIpc) is 2.07. The minimum atomic E-state index is -0.486. The number of nitrogens with zero attached hydrogens (tertiary/aromatic N) is 1. The molecule has 3 nitrogen and oxygen atoms in total. The molecule has 0 bridgehead atoms. The monoisotopic (exact) mass is 155 g/mol. The van der Waals surface area contributed by atoms with Gasteiger partial charge in [-0.05, 0) is 12.8 Å². The summed E-state index contributed by atoms with van der Waals surface area (Å²) in [5, 5.41) is 17.7. The van der Waals surface area contributed by atoms with Crippen molar-refractivity contribution >= 4 is 0 Å². The quantitative estimate of drug-likeness (QED) is 0.638. The van der Waals surface area contributed by atoms with Crippen molar-refractivity contribution < 1.29 is 9.84 Å². The van der Waals surface area contributed by atoms with Crippen LogP contribution in [0.1, 0.15) is 19.3 Å². The Hall–Kier alpha value is -0.590. The minimum absolute atomic E-state index is 0.184. The Kier molecular flexibility index (Phi) is 3.34. The Morgan fingerprint density at radius 2 is 2.55 bits per heavy atom. The summed E-state index contributed by atoms with van der Waals surface area (Å²) in [6, 6.07) is 1.96. The van der Waals surface area contributed by atoms with Gasteiger partial charge >= 0.3 is 0 Å². The van der Waals surface area contributed by atoms with Gasteiger partial charge in [-0.3, -0.25) is 0 Å². The lowest BCUT2D eigenvalue weighted by Crippen LogP contribution is -2.28. The molecule has 3 heteroatoms. The summed E-state index contributed by atoms with van der Waals surface area (Å²) in [5.41, 5.74) is 0. The van der Waals surface area contributed by atoms with E-state index in [1.54, 1.807) is 0 Å². The van der Waals surface area contributed by atoms with Crippen molar-refractivity contribution in [2.75, 3.05) is 13.2 Å². The molecule has 0 amide bonds. The van der Waals surface area contributed by atoms with E-state index in [-0.39, 0.29) is 12.3 Å². The van der Waals surface area contributed by atoms with E-state index in [0.717, 1.165) is 19.4 Å². The second kappa shape index (κ2) is 4.32. The van der Waals surface area contributed by atoms with Crippen LogP contribution in [0.2, 0.25) is 0 Å². The van der Waals surface area contributed by atoms with E-state index in [1.807, 2.05) is 6.07 Å². The zero-order valence-corrected chi connectivity index (χ0v) is 6.49. The number of aliphatic hydroxyl groups is 1. The van der Waals surface area contributed by atoms with Crippen LogP contribution in [0.25, 0.3) is 0 Å². The van der Waals surface area contributed by atoms with Crippen LogP contribution in [0, 0.1) is 17.2 Å². The van der Waals surface area contributed by atoms with Gasteiger partial charge in [-0.25, -0.2) is 0 Å². The highest BCUT2D eigenvalue weighted by molar-refractivity contribution is 4.81. The van der Waals surface area contributed by atoms with Gasteiger partial charge in [0.1, 0.15) is 0 Å². The zero-order valence-electron chi connectivity index (χ0n) is 6.49. The van der Waals surface area contributed by atoms with E-state index in [2.05, 4.69) is 0 Å². The second-order valence-corrected chi connectivity index (χ2v) is 2.91. The Morgan fingerprint density at radius 1 is 1.73 bits per heavy atom.